The van der Waals surface area contributed by atoms with Gasteiger partial charge in [0.1, 0.15) is 11.5 Å². The van der Waals surface area contributed by atoms with E-state index in [0.29, 0.717) is 11.5 Å². The second kappa shape index (κ2) is 3.61. The van der Waals surface area contributed by atoms with E-state index in [0.717, 1.165) is 0 Å². The zero-order valence-corrected chi connectivity index (χ0v) is 8.49. The lowest BCUT2D eigenvalue weighted by Crippen LogP contribution is -2.03. The first-order valence-corrected chi connectivity index (χ1v) is 4.52. The maximum absolute atomic E-state index is 10.8. The molecule has 2 N–H and O–H groups in total. The van der Waals surface area contributed by atoms with Gasteiger partial charge in [-0.1, -0.05) is 12.1 Å². The normalized spacial score (nSPS) is 10.3. The molecule has 7 nitrogen and oxygen atoms in total. The number of para-hydroxylation sites is 2. The zero-order chi connectivity index (χ0) is 11.7. The van der Waals surface area contributed by atoms with Gasteiger partial charge in [-0.2, -0.15) is 4.98 Å². The Labute approximate surface area is 90.7 Å². The molecule has 0 aliphatic carbocycles. The van der Waals surface area contributed by atoms with E-state index in [1.807, 2.05) is 0 Å². The second-order valence-corrected chi connectivity index (χ2v) is 3.17. The van der Waals surface area contributed by atoms with E-state index in [1.165, 1.54) is 10.7 Å². The molecule has 0 spiro atoms. The number of aryl methyl sites for hydroxylation is 1. The minimum absolute atomic E-state index is 0.0319. The van der Waals surface area contributed by atoms with Crippen molar-refractivity contribution < 1.29 is 4.92 Å². The number of nitro groups is 1. The second-order valence-electron chi connectivity index (χ2n) is 3.17. The number of rotatable bonds is 2. The van der Waals surface area contributed by atoms with Gasteiger partial charge in [0, 0.05) is 6.07 Å². The number of hydrogen-bond donors (Lipinski definition) is 1. The SMILES string of the molecule is Cc1nc(N)nn1-c1ccccc1[N+](=O)[O-]. The molecule has 0 amide bonds. The summed E-state index contributed by atoms with van der Waals surface area (Å²) >= 11 is 0. The fourth-order valence-corrected chi connectivity index (χ4v) is 1.44. The molecule has 0 saturated heterocycles. The molecule has 1 aromatic carbocycles. The third-order valence-corrected chi connectivity index (χ3v) is 2.09. The number of benzene rings is 1. The first kappa shape index (κ1) is 10.1. The molecule has 7 heteroatoms. The predicted octanol–water partition coefficient (Wildman–Crippen LogP) is 1.07. The Morgan fingerprint density at radius 1 is 1.44 bits per heavy atom. The maximum atomic E-state index is 10.8. The summed E-state index contributed by atoms with van der Waals surface area (Å²) in [6.07, 6.45) is 0. The Hall–Kier alpha value is -2.44. The van der Waals surface area contributed by atoms with Gasteiger partial charge in [-0.05, 0) is 13.0 Å². The fraction of sp³-hybridized carbons (Fsp3) is 0.111. The zero-order valence-electron chi connectivity index (χ0n) is 8.49. The van der Waals surface area contributed by atoms with Crippen molar-refractivity contribution in [3.63, 3.8) is 0 Å². The molecule has 0 aliphatic rings. The van der Waals surface area contributed by atoms with Gasteiger partial charge in [0.05, 0.1) is 4.92 Å². The number of anilines is 1. The molecular weight excluding hydrogens is 210 g/mol. The average molecular weight is 219 g/mol. The Balaban J connectivity index is 2.64. The Bertz CT molecular complexity index is 549. The van der Waals surface area contributed by atoms with Crippen molar-refractivity contribution in [1.82, 2.24) is 14.8 Å². The van der Waals surface area contributed by atoms with Crippen LogP contribution in [-0.4, -0.2) is 19.7 Å². The highest BCUT2D eigenvalue weighted by molar-refractivity contribution is 5.52. The van der Waals surface area contributed by atoms with Crippen LogP contribution in [0.2, 0.25) is 0 Å². The summed E-state index contributed by atoms with van der Waals surface area (Å²) in [7, 11) is 0. The highest BCUT2D eigenvalue weighted by atomic mass is 16.6. The minimum Gasteiger partial charge on any atom is -0.366 e. The van der Waals surface area contributed by atoms with E-state index >= 15 is 0 Å². The number of nitro benzene ring substituents is 1. The Kier molecular flexibility index (Phi) is 2.28. The largest absolute Gasteiger partial charge is 0.366 e. The molecule has 1 aromatic heterocycles. The lowest BCUT2D eigenvalue weighted by atomic mass is 10.3. The minimum atomic E-state index is -0.466. The number of aromatic nitrogens is 3. The lowest BCUT2D eigenvalue weighted by Gasteiger charge is -2.02. The van der Waals surface area contributed by atoms with Gasteiger partial charge >= 0.3 is 0 Å². The molecule has 0 radical (unpaired) electrons. The van der Waals surface area contributed by atoms with Gasteiger partial charge in [0.25, 0.3) is 5.69 Å². The van der Waals surface area contributed by atoms with Gasteiger partial charge < -0.3 is 5.73 Å². The van der Waals surface area contributed by atoms with Crippen LogP contribution in [0.4, 0.5) is 11.6 Å². The van der Waals surface area contributed by atoms with Crippen molar-refractivity contribution >= 4 is 11.6 Å². The maximum Gasteiger partial charge on any atom is 0.294 e. The average Bonchev–Trinajstić information content (AvgIpc) is 2.57. The molecule has 0 saturated carbocycles. The molecule has 16 heavy (non-hydrogen) atoms. The monoisotopic (exact) mass is 219 g/mol. The topological polar surface area (TPSA) is 99.9 Å². The van der Waals surface area contributed by atoms with E-state index in [4.69, 9.17) is 5.73 Å². The van der Waals surface area contributed by atoms with Gasteiger partial charge in [0.2, 0.25) is 5.95 Å². The van der Waals surface area contributed by atoms with E-state index in [2.05, 4.69) is 10.1 Å². The first-order valence-electron chi connectivity index (χ1n) is 4.52. The van der Waals surface area contributed by atoms with E-state index < -0.39 is 4.92 Å². The highest BCUT2D eigenvalue weighted by Crippen LogP contribution is 2.22. The third-order valence-electron chi connectivity index (χ3n) is 2.09. The van der Waals surface area contributed by atoms with Crippen LogP contribution in [0.25, 0.3) is 5.69 Å². The Morgan fingerprint density at radius 2 is 2.12 bits per heavy atom. The molecule has 2 rings (SSSR count). The predicted molar refractivity (Wildman–Crippen MR) is 57.2 cm³/mol. The summed E-state index contributed by atoms with van der Waals surface area (Å²) in [4.78, 5) is 14.3. The quantitative estimate of drug-likeness (QED) is 0.601. The van der Waals surface area contributed by atoms with Crippen molar-refractivity contribution in [1.29, 1.82) is 0 Å². The summed E-state index contributed by atoms with van der Waals surface area (Å²) in [5.41, 5.74) is 5.75. The van der Waals surface area contributed by atoms with Gasteiger partial charge in [0.15, 0.2) is 0 Å². The van der Waals surface area contributed by atoms with Gasteiger partial charge in [-0.25, -0.2) is 4.68 Å². The molecule has 1 heterocycles. The van der Waals surface area contributed by atoms with Crippen molar-refractivity contribution in [2.75, 3.05) is 5.73 Å². The number of hydrogen-bond acceptors (Lipinski definition) is 5. The van der Waals surface area contributed by atoms with E-state index in [9.17, 15) is 10.1 Å². The van der Waals surface area contributed by atoms with Crippen LogP contribution in [-0.2, 0) is 0 Å². The molecule has 0 bridgehead atoms. The van der Waals surface area contributed by atoms with Gasteiger partial charge in [-0.15, -0.1) is 5.10 Å². The summed E-state index contributed by atoms with van der Waals surface area (Å²) in [5, 5.41) is 14.7. The van der Waals surface area contributed by atoms with Crippen LogP contribution < -0.4 is 5.73 Å². The third kappa shape index (κ3) is 1.58. The molecular formula is C9H9N5O2. The van der Waals surface area contributed by atoms with Crippen LogP contribution in [0.3, 0.4) is 0 Å². The molecule has 0 unspecified atom stereocenters. The van der Waals surface area contributed by atoms with Crippen LogP contribution in [0.15, 0.2) is 24.3 Å². The van der Waals surface area contributed by atoms with Crippen molar-refractivity contribution in [2.24, 2.45) is 0 Å². The summed E-state index contributed by atoms with van der Waals surface area (Å²) in [5.74, 6) is 0.599. The smallest absolute Gasteiger partial charge is 0.294 e. The summed E-state index contributed by atoms with van der Waals surface area (Å²) < 4.78 is 1.35. The van der Waals surface area contributed by atoms with Crippen molar-refractivity contribution in [3.05, 3.63) is 40.2 Å². The molecule has 2 aromatic rings. The van der Waals surface area contributed by atoms with Gasteiger partial charge in [-0.3, -0.25) is 10.1 Å². The molecule has 0 aliphatic heterocycles. The first-order chi connectivity index (χ1) is 7.59. The van der Waals surface area contributed by atoms with Crippen LogP contribution >= 0.6 is 0 Å². The summed E-state index contributed by atoms with van der Waals surface area (Å²) in [6, 6.07) is 6.29. The van der Waals surface area contributed by atoms with Crippen LogP contribution in [0, 0.1) is 17.0 Å². The van der Waals surface area contributed by atoms with Crippen LogP contribution in [0.5, 0.6) is 0 Å². The fourth-order valence-electron chi connectivity index (χ4n) is 1.44. The van der Waals surface area contributed by atoms with Crippen molar-refractivity contribution in [3.8, 4) is 5.69 Å². The number of nitrogen functional groups attached to an aromatic ring is 1. The number of nitrogens with two attached hydrogens (primary N) is 1. The summed E-state index contributed by atoms with van der Waals surface area (Å²) in [6.45, 7) is 1.68. The van der Waals surface area contributed by atoms with E-state index in [-0.39, 0.29) is 11.6 Å². The van der Waals surface area contributed by atoms with Crippen molar-refractivity contribution in [2.45, 2.75) is 6.92 Å². The number of nitrogens with zero attached hydrogens (tertiary/aromatic N) is 4. The molecule has 82 valence electrons. The standard InChI is InChI=1S/C9H9N5O2/c1-6-11-9(10)12-13(6)7-4-2-3-5-8(7)14(15)16/h2-5H,1H3,(H2,10,12). The molecule has 0 fully saturated rings. The highest BCUT2D eigenvalue weighted by Gasteiger charge is 2.17. The molecule has 0 atom stereocenters. The van der Waals surface area contributed by atoms with Crippen LogP contribution in [0.1, 0.15) is 5.82 Å². The lowest BCUT2D eigenvalue weighted by molar-refractivity contribution is -0.384. The van der Waals surface area contributed by atoms with E-state index in [1.54, 1.807) is 25.1 Å². The Morgan fingerprint density at radius 3 is 2.69 bits per heavy atom.